The lowest BCUT2D eigenvalue weighted by molar-refractivity contribution is -0.117. The number of amides is 1. The summed E-state index contributed by atoms with van der Waals surface area (Å²) in [7, 11) is 0. The van der Waals surface area contributed by atoms with Crippen LogP contribution in [0.1, 0.15) is 35.1 Å². The lowest BCUT2D eigenvalue weighted by Gasteiger charge is -2.13. The predicted octanol–water partition coefficient (Wildman–Crippen LogP) is 1.87. The molecule has 1 atom stereocenters. The van der Waals surface area contributed by atoms with Crippen molar-refractivity contribution in [2.75, 3.05) is 10.6 Å². The molecule has 1 saturated carbocycles. The van der Waals surface area contributed by atoms with Crippen LogP contribution in [-0.2, 0) is 11.3 Å². The molecule has 1 aliphatic heterocycles. The second-order valence-corrected chi connectivity index (χ2v) is 8.07. The number of nitrogens with one attached hydrogen (secondary N) is 4. The number of aromatic nitrogens is 3. The molecule has 160 valence electrons. The minimum atomic E-state index is -1.09. The Labute approximate surface area is 179 Å². The summed E-state index contributed by atoms with van der Waals surface area (Å²) in [6.07, 6.45) is 4.50. The van der Waals surface area contributed by atoms with Crippen LogP contribution in [0, 0.1) is 13.8 Å². The monoisotopic (exact) mass is 419 g/mol. The minimum Gasteiger partial charge on any atom is -0.367 e. The van der Waals surface area contributed by atoms with E-state index in [1.807, 2.05) is 6.07 Å². The van der Waals surface area contributed by atoms with Crippen molar-refractivity contribution in [3.05, 3.63) is 58.4 Å². The molecular formula is C22H25N7O2. The smallest absolute Gasteiger partial charge is 0.270 e. The van der Waals surface area contributed by atoms with Gasteiger partial charge in [-0.1, -0.05) is 18.2 Å². The molecule has 1 amide bonds. The van der Waals surface area contributed by atoms with Gasteiger partial charge in [-0.3, -0.25) is 4.79 Å². The molecule has 1 aromatic carbocycles. The molecule has 2 aliphatic rings. The van der Waals surface area contributed by atoms with E-state index in [2.05, 4.69) is 58.4 Å². The predicted molar refractivity (Wildman–Crippen MR) is 118 cm³/mol. The van der Waals surface area contributed by atoms with Gasteiger partial charge >= 0.3 is 0 Å². The van der Waals surface area contributed by atoms with E-state index in [9.17, 15) is 9.90 Å². The van der Waals surface area contributed by atoms with Crippen molar-refractivity contribution in [2.24, 2.45) is 0 Å². The van der Waals surface area contributed by atoms with Crippen molar-refractivity contribution in [3.8, 4) is 0 Å². The Hall–Kier alpha value is -3.59. The summed E-state index contributed by atoms with van der Waals surface area (Å²) >= 11 is 0. The Morgan fingerprint density at radius 1 is 1.29 bits per heavy atom. The topological polar surface area (TPSA) is 116 Å². The second-order valence-electron chi connectivity index (χ2n) is 8.07. The Kier molecular flexibility index (Phi) is 4.74. The fourth-order valence-corrected chi connectivity index (χ4v) is 3.61. The van der Waals surface area contributed by atoms with Gasteiger partial charge in [0.15, 0.2) is 5.65 Å². The fourth-order valence-electron chi connectivity index (χ4n) is 3.61. The summed E-state index contributed by atoms with van der Waals surface area (Å²) < 4.78 is 1.75. The van der Waals surface area contributed by atoms with Crippen LogP contribution >= 0.6 is 0 Å². The van der Waals surface area contributed by atoms with Gasteiger partial charge in [-0.2, -0.15) is 9.61 Å². The van der Waals surface area contributed by atoms with Gasteiger partial charge < -0.3 is 26.4 Å². The molecule has 0 spiro atoms. The molecule has 3 aromatic rings. The Morgan fingerprint density at radius 2 is 2.13 bits per heavy atom. The number of nitrogens with zero attached hydrogens (tertiary/aromatic N) is 3. The molecule has 1 saturated heterocycles. The number of aliphatic hydroxyl groups excluding tert-OH is 1. The number of hydrogen-bond donors (Lipinski definition) is 5. The van der Waals surface area contributed by atoms with E-state index < -0.39 is 6.35 Å². The Bertz CT molecular complexity index is 1200. The zero-order chi connectivity index (χ0) is 21.5. The quantitative estimate of drug-likeness (QED) is 0.387. The average molecular weight is 419 g/mol. The van der Waals surface area contributed by atoms with Gasteiger partial charge in [0.25, 0.3) is 5.91 Å². The lowest BCUT2D eigenvalue weighted by atomic mass is 10.0. The number of rotatable bonds is 6. The highest BCUT2D eigenvalue weighted by atomic mass is 16.3. The minimum absolute atomic E-state index is 0.273. The summed E-state index contributed by atoms with van der Waals surface area (Å²) in [6.45, 7) is 4.88. The Balaban J connectivity index is 1.50. The van der Waals surface area contributed by atoms with E-state index in [0.29, 0.717) is 23.8 Å². The van der Waals surface area contributed by atoms with Crippen molar-refractivity contribution in [1.82, 2.24) is 25.2 Å². The molecule has 1 aliphatic carbocycles. The number of anilines is 2. The van der Waals surface area contributed by atoms with E-state index in [1.54, 1.807) is 16.8 Å². The number of fused-ring (bicyclic) bond motifs is 1. The number of carbonyl (C=O) groups excluding carboxylic acids is 1. The highest BCUT2D eigenvalue weighted by Gasteiger charge is 2.25. The Morgan fingerprint density at radius 3 is 2.87 bits per heavy atom. The van der Waals surface area contributed by atoms with Gasteiger partial charge in [-0.05, 0) is 49.5 Å². The molecule has 0 bridgehead atoms. The molecule has 0 radical (unpaired) electrons. The maximum atomic E-state index is 12.0. The normalized spacial score (nSPS) is 19.5. The summed E-state index contributed by atoms with van der Waals surface area (Å²) in [5, 5.41) is 26.1. The highest BCUT2D eigenvalue weighted by molar-refractivity contribution is 6.00. The standard InChI is InChI=1S/C22H25N7O2/c1-12-4-3-5-14(13(12)2)10-23-18-9-19(25-16-6-7-16)29-20(27-18)15(11-24-29)8-17-21(30)28-22(31)26-17/h3-5,8-9,11,16,22,25-26,31H,6-7,10H2,1-2H3,(H,23,27)(H,28,30)/b17-8-. The van der Waals surface area contributed by atoms with Crippen LogP contribution in [0.2, 0.25) is 0 Å². The summed E-state index contributed by atoms with van der Waals surface area (Å²) in [4.78, 5) is 16.7. The lowest BCUT2D eigenvalue weighted by Crippen LogP contribution is -2.30. The molecule has 31 heavy (non-hydrogen) atoms. The van der Waals surface area contributed by atoms with Gasteiger partial charge in [0, 0.05) is 24.2 Å². The number of hydrogen-bond acceptors (Lipinski definition) is 7. The van der Waals surface area contributed by atoms with Crippen molar-refractivity contribution in [3.63, 3.8) is 0 Å². The van der Waals surface area contributed by atoms with E-state index in [1.165, 1.54) is 16.7 Å². The van der Waals surface area contributed by atoms with E-state index >= 15 is 0 Å². The number of aliphatic hydroxyl groups is 1. The largest absolute Gasteiger partial charge is 0.367 e. The molecule has 5 rings (SSSR count). The molecule has 2 aromatic heterocycles. The van der Waals surface area contributed by atoms with Gasteiger partial charge in [-0.25, -0.2) is 4.98 Å². The van der Waals surface area contributed by atoms with Gasteiger partial charge in [0.1, 0.15) is 17.3 Å². The first-order valence-electron chi connectivity index (χ1n) is 10.4. The fraction of sp³-hybridized carbons (Fsp3) is 0.318. The van der Waals surface area contributed by atoms with Crippen LogP contribution in [0.15, 0.2) is 36.2 Å². The van der Waals surface area contributed by atoms with Crippen LogP contribution in [0.3, 0.4) is 0 Å². The first-order chi connectivity index (χ1) is 15.0. The molecule has 5 N–H and O–H groups in total. The van der Waals surface area contributed by atoms with Crippen molar-refractivity contribution >= 4 is 29.3 Å². The second kappa shape index (κ2) is 7.59. The summed E-state index contributed by atoms with van der Waals surface area (Å²) in [5.74, 6) is 1.21. The third kappa shape index (κ3) is 3.91. The first-order valence-corrected chi connectivity index (χ1v) is 10.4. The van der Waals surface area contributed by atoms with Crippen LogP contribution in [-0.4, -0.2) is 38.0 Å². The molecule has 2 fully saturated rings. The van der Waals surface area contributed by atoms with Crippen molar-refractivity contribution in [1.29, 1.82) is 0 Å². The SMILES string of the molecule is Cc1cccc(CNc2cc(NC3CC3)n3ncc(/C=C4\NC(O)NC4=O)c3n2)c1C. The van der Waals surface area contributed by atoms with Crippen molar-refractivity contribution in [2.45, 2.75) is 45.6 Å². The zero-order valence-electron chi connectivity index (χ0n) is 17.4. The average Bonchev–Trinajstić information content (AvgIpc) is 3.37. The molecule has 3 heterocycles. The summed E-state index contributed by atoms with van der Waals surface area (Å²) in [6, 6.07) is 8.69. The first kappa shape index (κ1) is 19.4. The van der Waals surface area contributed by atoms with Crippen LogP contribution in [0.5, 0.6) is 0 Å². The van der Waals surface area contributed by atoms with Crippen LogP contribution in [0.25, 0.3) is 11.7 Å². The van der Waals surface area contributed by atoms with Crippen LogP contribution in [0.4, 0.5) is 11.6 Å². The number of carbonyl (C=O) groups is 1. The third-order valence-corrected chi connectivity index (χ3v) is 5.71. The number of aryl methyl sites for hydroxylation is 1. The van der Waals surface area contributed by atoms with Crippen LogP contribution < -0.4 is 21.3 Å². The van der Waals surface area contributed by atoms with Gasteiger partial charge in [-0.15, -0.1) is 0 Å². The number of benzene rings is 1. The molecular weight excluding hydrogens is 394 g/mol. The van der Waals surface area contributed by atoms with Gasteiger partial charge in [0.2, 0.25) is 6.35 Å². The van der Waals surface area contributed by atoms with E-state index in [4.69, 9.17) is 4.98 Å². The van der Waals surface area contributed by atoms with E-state index in [0.717, 1.165) is 24.5 Å². The third-order valence-electron chi connectivity index (χ3n) is 5.71. The maximum Gasteiger partial charge on any atom is 0.270 e. The van der Waals surface area contributed by atoms with Gasteiger partial charge in [0.05, 0.1) is 6.20 Å². The zero-order valence-corrected chi connectivity index (χ0v) is 17.4. The summed E-state index contributed by atoms with van der Waals surface area (Å²) in [5.41, 5.74) is 5.32. The maximum absolute atomic E-state index is 12.0. The molecule has 1 unspecified atom stereocenters. The van der Waals surface area contributed by atoms with Crippen molar-refractivity contribution < 1.29 is 9.90 Å². The molecule has 9 nitrogen and oxygen atoms in total. The highest BCUT2D eigenvalue weighted by Crippen LogP contribution is 2.28. The van der Waals surface area contributed by atoms with E-state index in [-0.39, 0.29) is 11.6 Å². The molecule has 9 heteroatoms.